The standard InChI is InChI=1S/C12H18N4O2/c17-12-11(3-5-18-12)15-4-1-2-10(6-15)7-16-9-13-8-14-16/h8-11H,1-7H2/t10-,11+/m0/s1. The number of likely N-dealkylation sites (tertiary alicyclic amines) is 1. The van der Waals surface area contributed by atoms with Crippen molar-refractivity contribution < 1.29 is 9.53 Å². The molecule has 0 aromatic carbocycles. The van der Waals surface area contributed by atoms with Gasteiger partial charge in [0.25, 0.3) is 0 Å². The molecule has 2 aliphatic heterocycles. The molecule has 0 saturated carbocycles. The van der Waals surface area contributed by atoms with E-state index in [0.717, 1.165) is 32.5 Å². The third kappa shape index (κ3) is 2.38. The summed E-state index contributed by atoms with van der Waals surface area (Å²) in [5.74, 6) is 0.505. The summed E-state index contributed by atoms with van der Waals surface area (Å²) in [6.45, 7) is 3.43. The number of hydrogen-bond acceptors (Lipinski definition) is 5. The van der Waals surface area contributed by atoms with E-state index in [-0.39, 0.29) is 12.0 Å². The van der Waals surface area contributed by atoms with E-state index in [1.807, 2.05) is 4.68 Å². The molecule has 6 nitrogen and oxygen atoms in total. The van der Waals surface area contributed by atoms with Crippen LogP contribution < -0.4 is 0 Å². The molecule has 2 saturated heterocycles. The Kier molecular flexibility index (Phi) is 3.27. The van der Waals surface area contributed by atoms with Gasteiger partial charge in [-0.3, -0.25) is 14.4 Å². The number of nitrogens with zero attached hydrogens (tertiary/aromatic N) is 4. The zero-order chi connectivity index (χ0) is 12.4. The molecule has 0 spiro atoms. The molecule has 0 amide bonds. The number of cyclic esters (lactones) is 1. The van der Waals surface area contributed by atoms with Crippen molar-refractivity contribution in [2.45, 2.75) is 31.8 Å². The van der Waals surface area contributed by atoms with Crippen LogP contribution in [-0.4, -0.2) is 51.4 Å². The quantitative estimate of drug-likeness (QED) is 0.722. The molecular weight excluding hydrogens is 232 g/mol. The maximum absolute atomic E-state index is 11.6. The van der Waals surface area contributed by atoms with Crippen LogP contribution in [0.4, 0.5) is 0 Å². The summed E-state index contributed by atoms with van der Waals surface area (Å²) in [7, 11) is 0. The molecule has 0 unspecified atom stereocenters. The number of ether oxygens (including phenoxy) is 1. The van der Waals surface area contributed by atoms with Crippen molar-refractivity contribution in [2.75, 3.05) is 19.7 Å². The van der Waals surface area contributed by atoms with Crippen LogP contribution in [0.25, 0.3) is 0 Å². The van der Waals surface area contributed by atoms with Gasteiger partial charge in [0.2, 0.25) is 0 Å². The molecular formula is C12H18N4O2. The van der Waals surface area contributed by atoms with Crippen molar-refractivity contribution in [1.82, 2.24) is 19.7 Å². The topological polar surface area (TPSA) is 60.2 Å². The number of carbonyl (C=O) groups excluding carboxylic acids is 1. The Bertz CT molecular complexity index is 406. The summed E-state index contributed by atoms with van der Waals surface area (Å²) < 4.78 is 6.93. The van der Waals surface area contributed by atoms with Crippen molar-refractivity contribution in [1.29, 1.82) is 0 Å². The van der Waals surface area contributed by atoms with Gasteiger partial charge in [0.1, 0.15) is 18.7 Å². The fourth-order valence-electron chi connectivity index (χ4n) is 2.94. The first-order valence-corrected chi connectivity index (χ1v) is 6.56. The molecule has 0 radical (unpaired) electrons. The van der Waals surface area contributed by atoms with Gasteiger partial charge in [-0.1, -0.05) is 0 Å². The lowest BCUT2D eigenvalue weighted by molar-refractivity contribution is -0.142. The molecule has 0 aliphatic carbocycles. The number of esters is 1. The largest absolute Gasteiger partial charge is 0.464 e. The van der Waals surface area contributed by atoms with Crippen LogP contribution in [0.5, 0.6) is 0 Å². The van der Waals surface area contributed by atoms with E-state index >= 15 is 0 Å². The highest BCUT2D eigenvalue weighted by molar-refractivity contribution is 5.77. The average Bonchev–Trinajstić information content (AvgIpc) is 3.01. The fourth-order valence-corrected chi connectivity index (χ4v) is 2.94. The van der Waals surface area contributed by atoms with Crippen molar-refractivity contribution >= 4 is 5.97 Å². The summed E-state index contributed by atoms with van der Waals surface area (Å²) in [5, 5.41) is 4.14. The summed E-state index contributed by atoms with van der Waals surface area (Å²) in [5.41, 5.74) is 0. The van der Waals surface area contributed by atoms with Gasteiger partial charge in [-0.25, -0.2) is 4.98 Å². The molecule has 2 aliphatic rings. The number of rotatable bonds is 3. The third-order valence-electron chi connectivity index (χ3n) is 3.81. The van der Waals surface area contributed by atoms with Crippen LogP contribution in [0.1, 0.15) is 19.3 Å². The molecule has 2 fully saturated rings. The van der Waals surface area contributed by atoms with E-state index in [9.17, 15) is 4.79 Å². The SMILES string of the molecule is O=C1OCC[C@H]1N1CCC[C@H](Cn2cncn2)C1. The van der Waals surface area contributed by atoms with Crippen LogP contribution in [0.3, 0.4) is 0 Å². The zero-order valence-corrected chi connectivity index (χ0v) is 10.4. The number of aromatic nitrogens is 3. The van der Waals surface area contributed by atoms with Crippen LogP contribution in [0.15, 0.2) is 12.7 Å². The highest BCUT2D eigenvalue weighted by atomic mass is 16.5. The van der Waals surface area contributed by atoms with E-state index in [0.29, 0.717) is 12.5 Å². The molecule has 0 bridgehead atoms. The third-order valence-corrected chi connectivity index (χ3v) is 3.81. The van der Waals surface area contributed by atoms with Gasteiger partial charge in [0.15, 0.2) is 0 Å². The van der Waals surface area contributed by atoms with Gasteiger partial charge in [-0.05, 0) is 25.3 Å². The smallest absolute Gasteiger partial charge is 0.323 e. The maximum atomic E-state index is 11.6. The van der Waals surface area contributed by atoms with Crippen molar-refractivity contribution in [2.24, 2.45) is 5.92 Å². The minimum absolute atomic E-state index is 0.0106. The molecule has 1 aromatic heterocycles. The normalized spacial score (nSPS) is 29.4. The van der Waals surface area contributed by atoms with E-state index in [2.05, 4.69) is 15.0 Å². The molecule has 3 rings (SSSR count). The Labute approximate surface area is 106 Å². The van der Waals surface area contributed by atoms with E-state index in [1.54, 1.807) is 12.7 Å². The molecule has 18 heavy (non-hydrogen) atoms. The molecule has 3 heterocycles. The predicted octanol–water partition coefficient (Wildman–Crippen LogP) is 0.306. The first-order valence-electron chi connectivity index (χ1n) is 6.56. The van der Waals surface area contributed by atoms with Gasteiger partial charge >= 0.3 is 5.97 Å². The Balaban J connectivity index is 1.59. The minimum Gasteiger partial charge on any atom is -0.464 e. The van der Waals surface area contributed by atoms with Crippen LogP contribution in [0, 0.1) is 5.92 Å². The Morgan fingerprint density at radius 1 is 1.44 bits per heavy atom. The molecule has 6 heteroatoms. The Morgan fingerprint density at radius 2 is 2.39 bits per heavy atom. The zero-order valence-electron chi connectivity index (χ0n) is 10.4. The molecule has 2 atom stereocenters. The van der Waals surface area contributed by atoms with Crippen molar-refractivity contribution in [3.05, 3.63) is 12.7 Å². The first-order chi connectivity index (χ1) is 8.83. The van der Waals surface area contributed by atoms with Gasteiger partial charge in [0, 0.05) is 19.5 Å². The molecule has 98 valence electrons. The van der Waals surface area contributed by atoms with Crippen molar-refractivity contribution in [3.8, 4) is 0 Å². The molecule has 1 aromatic rings. The summed E-state index contributed by atoms with van der Waals surface area (Å²) >= 11 is 0. The van der Waals surface area contributed by atoms with Gasteiger partial charge in [0.05, 0.1) is 6.61 Å². The summed E-state index contributed by atoms with van der Waals surface area (Å²) in [6, 6.07) is -0.0106. The highest BCUT2D eigenvalue weighted by Crippen LogP contribution is 2.23. The second-order valence-electron chi connectivity index (χ2n) is 5.09. The lowest BCUT2D eigenvalue weighted by atomic mass is 9.96. The Morgan fingerprint density at radius 3 is 3.11 bits per heavy atom. The number of piperidine rings is 1. The maximum Gasteiger partial charge on any atom is 0.323 e. The first kappa shape index (κ1) is 11.6. The fraction of sp³-hybridized carbons (Fsp3) is 0.750. The van der Waals surface area contributed by atoms with E-state index in [4.69, 9.17) is 4.74 Å². The van der Waals surface area contributed by atoms with E-state index < -0.39 is 0 Å². The second-order valence-corrected chi connectivity index (χ2v) is 5.09. The molecule has 0 N–H and O–H groups in total. The number of carbonyl (C=O) groups is 1. The summed E-state index contributed by atoms with van der Waals surface area (Å²) in [4.78, 5) is 17.8. The van der Waals surface area contributed by atoms with Crippen LogP contribution >= 0.6 is 0 Å². The number of hydrogen-bond donors (Lipinski definition) is 0. The van der Waals surface area contributed by atoms with E-state index in [1.165, 1.54) is 6.42 Å². The van der Waals surface area contributed by atoms with Crippen molar-refractivity contribution in [3.63, 3.8) is 0 Å². The highest BCUT2D eigenvalue weighted by Gasteiger charge is 2.35. The second kappa shape index (κ2) is 5.06. The van der Waals surface area contributed by atoms with Crippen LogP contribution in [0.2, 0.25) is 0 Å². The van der Waals surface area contributed by atoms with Gasteiger partial charge in [-0.15, -0.1) is 0 Å². The summed E-state index contributed by atoms with van der Waals surface area (Å²) in [6.07, 6.45) is 6.49. The Hall–Kier alpha value is -1.43. The van der Waals surface area contributed by atoms with Gasteiger partial charge < -0.3 is 4.74 Å². The van der Waals surface area contributed by atoms with Gasteiger partial charge in [-0.2, -0.15) is 5.10 Å². The average molecular weight is 250 g/mol. The lowest BCUT2D eigenvalue weighted by Gasteiger charge is -2.34. The van der Waals surface area contributed by atoms with Crippen LogP contribution in [-0.2, 0) is 16.1 Å². The minimum atomic E-state index is -0.0450. The lowest BCUT2D eigenvalue weighted by Crippen LogP contribution is -2.45. The predicted molar refractivity (Wildman–Crippen MR) is 63.7 cm³/mol. The monoisotopic (exact) mass is 250 g/mol.